The zero-order valence-corrected chi connectivity index (χ0v) is 19.4. The van der Waals surface area contributed by atoms with Gasteiger partial charge in [-0.2, -0.15) is 0 Å². The van der Waals surface area contributed by atoms with Crippen LogP contribution in [0.3, 0.4) is 0 Å². The van der Waals surface area contributed by atoms with Gasteiger partial charge in [0.1, 0.15) is 17.9 Å². The molecule has 0 unspecified atom stereocenters. The van der Waals surface area contributed by atoms with Crippen LogP contribution < -0.4 is 10.6 Å². The summed E-state index contributed by atoms with van der Waals surface area (Å²) in [5.41, 5.74) is 3.25. The van der Waals surface area contributed by atoms with Gasteiger partial charge >= 0.3 is 0 Å². The molecule has 3 amide bonds. The first-order valence-electron chi connectivity index (χ1n) is 11.0. The van der Waals surface area contributed by atoms with E-state index in [1.165, 1.54) is 4.90 Å². The maximum absolute atomic E-state index is 13.8. The number of benzene rings is 2. The number of likely N-dealkylation sites (tertiary alicyclic amines) is 1. The Bertz CT molecular complexity index is 1180. The SMILES string of the molecule is Cc1ccc2c(c1C)NC(=O)[C@]21[NH2+][C@H](C(C)C)[C@H]2C(=O)N(Cc3ccccc3Cl)C(=O)[C@H]21. The summed E-state index contributed by atoms with van der Waals surface area (Å²) in [7, 11) is 0. The highest BCUT2D eigenvalue weighted by Gasteiger charge is 2.74. The number of nitrogens with zero attached hydrogens (tertiary/aromatic N) is 1. The molecule has 0 aliphatic carbocycles. The molecule has 3 aliphatic heterocycles. The minimum atomic E-state index is -1.13. The number of nitrogens with two attached hydrogens (primary N) is 1. The fourth-order valence-electron chi connectivity index (χ4n) is 5.82. The fraction of sp³-hybridized carbons (Fsp3) is 0.400. The lowest BCUT2D eigenvalue weighted by molar-refractivity contribution is -0.738. The monoisotopic (exact) mass is 452 g/mol. The molecule has 32 heavy (non-hydrogen) atoms. The number of hydrogen-bond donors (Lipinski definition) is 2. The molecule has 0 saturated carbocycles. The Morgan fingerprint density at radius 3 is 2.50 bits per heavy atom. The van der Waals surface area contributed by atoms with Gasteiger partial charge in [0, 0.05) is 16.5 Å². The van der Waals surface area contributed by atoms with E-state index in [2.05, 4.69) is 5.32 Å². The minimum absolute atomic E-state index is 0.113. The van der Waals surface area contributed by atoms with Crippen LogP contribution in [0.4, 0.5) is 5.69 Å². The number of imide groups is 1. The third kappa shape index (κ3) is 2.66. The van der Waals surface area contributed by atoms with Crippen molar-refractivity contribution in [1.29, 1.82) is 0 Å². The van der Waals surface area contributed by atoms with Crippen LogP contribution in [0.5, 0.6) is 0 Å². The predicted molar refractivity (Wildman–Crippen MR) is 121 cm³/mol. The molecular weight excluding hydrogens is 426 g/mol. The molecule has 1 spiro atoms. The van der Waals surface area contributed by atoms with Gasteiger partial charge in [0.25, 0.3) is 5.91 Å². The number of carbonyl (C=O) groups excluding carboxylic acids is 3. The molecule has 0 bridgehead atoms. The largest absolute Gasteiger partial charge is 0.326 e. The second kappa shape index (κ2) is 7.15. The molecule has 5 rings (SSSR count). The van der Waals surface area contributed by atoms with Crippen molar-refractivity contribution in [1.82, 2.24) is 4.90 Å². The summed E-state index contributed by atoms with van der Waals surface area (Å²) < 4.78 is 0. The quantitative estimate of drug-likeness (QED) is 0.702. The van der Waals surface area contributed by atoms with Gasteiger partial charge in [0.05, 0.1) is 12.2 Å². The van der Waals surface area contributed by atoms with Gasteiger partial charge in [-0.15, -0.1) is 0 Å². The lowest BCUT2D eigenvalue weighted by atomic mass is 9.75. The summed E-state index contributed by atoms with van der Waals surface area (Å²) in [6.45, 7) is 8.18. The molecule has 3 aliphatic rings. The van der Waals surface area contributed by atoms with Gasteiger partial charge in [0.2, 0.25) is 17.4 Å². The van der Waals surface area contributed by atoms with Gasteiger partial charge in [0.15, 0.2) is 0 Å². The first-order valence-corrected chi connectivity index (χ1v) is 11.4. The van der Waals surface area contributed by atoms with Crippen LogP contribution in [0, 0.1) is 31.6 Å². The fourth-order valence-corrected chi connectivity index (χ4v) is 6.02. The van der Waals surface area contributed by atoms with Crippen LogP contribution in [-0.4, -0.2) is 28.7 Å². The molecular formula is C25H27ClN3O3+. The lowest BCUT2D eigenvalue weighted by Crippen LogP contribution is -2.99. The first kappa shape index (κ1) is 21.2. The van der Waals surface area contributed by atoms with Crippen molar-refractivity contribution in [2.45, 2.75) is 45.8 Å². The number of halogens is 1. The van der Waals surface area contributed by atoms with Crippen LogP contribution in [0.2, 0.25) is 5.02 Å². The predicted octanol–water partition coefficient (Wildman–Crippen LogP) is 2.51. The highest BCUT2D eigenvalue weighted by Crippen LogP contribution is 2.51. The molecule has 7 heteroatoms. The van der Waals surface area contributed by atoms with E-state index in [0.717, 1.165) is 27.9 Å². The van der Waals surface area contributed by atoms with Crippen LogP contribution in [0.25, 0.3) is 0 Å². The van der Waals surface area contributed by atoms with Crippen LogP contribution >= 0.6 is 11.6 Å². The average Bonchev–Trinajstić information content (AvgIpc) is 3.34. The second-order valence-electron chi connectivity index (χ2n) is 9.60. The number of fused-ring (bicyclic) bond motifs is 4. The molecule has 0 radical (unpaired) electrons. The van der Waals surface area contributed by atoms with E-state index < -0.39 is 17.4 Å². The molecule has 4 atom stereocenters. The Labute approximate surface area is 192 Å². The van der Waals surface area contributed by atoms with E-state index >= 15 is 0 Å². The van der Waals surface area contributed by atoms with Crippen molar-refractivity contribution in [3.05, 3.63) is 63.7 Å². The smallest absolute Gasteiger partial charge is 0.291 e. The van der Waals surface area contributed by atoms with Gasteiger partial charge in [-0.3, -0.25) is 19.3 Å². The van der Waals surface area contributed by atoms with Gasteiger partial charge in [-0.1, -0.05) is 49.7 Å². The lowest BCUT2D eigenvalue weighted by Gasteiger charge is -2.27. The molecule has 6 nitrogen and oxygen atoms in total. The summed E-state index contributed by atoms with van der Waals surface area (Å²) in [5.74, 6) is -1.89. The summed E-state index contributed by atoms with van der Waals surface area (Å²) >= 11 is 6.32. The molecule has 3 N–H and O–H groups in total. The normalized spacial score (nSPS) is 28.6. The standard InChI is InChI=1S/C25H26ClN3O3/c1-12(2)20-18-19(23(31)29(22(18)30)11-15-7-5-6-8-17(15)26)25(28-20)16-10-9-13(3)14(4)21(16)27-24(25)32/h5-10,12,18-20,28H,11H2,1-4H3,(H,27,32)/p+1/t18-,19-,20+,25-/m0/s1. The van der Waals surface area contributed by atoms with Crippen LogP contribution in [0.15, 0.2) is 36.4 Å². The topological polar surface area (TPSA) is 83.1 Å². The Morgan fingerprint density at radius 1 is 1.09 bits per heavy atom. The van der Waals surface area contributed by atoms with Crippen LogP contribution in [-0.2, 0) is 26.5 Å². The summed E-state index contributed by atoms with van der Waals surface area (Å²) in [6, 6.07) is 11.0. The third-order valence-corrected chi connectivity index (χ3v) is 8.02. The van der Waals surface area contributed by atoms with Crippen molar-refractivity contribution in [3.8, 4) is 0 Å². The van der Waals surface area contributed by atoms with Crippen LogP contribution in [0.1, 0.15) is 36.1 Å². The van der Waals surface area contributed by atoms with Gasteiger partial charge in [-0.25, -0.2) is 0 Å². The highest BCUT2D eigenvalue weighted by molar-refractivity contribution is 6.31. The van der Waals surface area contributed by atoms with Crippen molar-refractivity contribution in [2.75, 3.05) is 5.32 Å². The second-order valence-corrected chi connectivity index (χ2v) is 10.0. The zero-order valence-electron chi connectivity index (χ0n) is 18.6. The Balaban J connectivity index is 1.64. The molecule has 3 heterocycles. The molecule has 2 aromatic rings. The number of amides is 3. The van der Waals surface area contributed by atoms with Gasteiger partial charge < -0.3 is 10.6 Å². The highest BCUT2D eigenvalue weighted by atomic mass is 35.5. The zero-order chi connectivity index (χ0) is 22.9. The molecule has 0 aromatic heterocycles. The summed E-state index contributed by atoms with van der Waals surface area (Å²) in [4.78, 5) is 42.3. The number of hydrogen-bond acceptors (Lipinski definition) is 3. The Morgan fingerprint density at radius 2 is 1.81 bits per heavy atom. The van der Waals surface area contributed by atoms with Crippen molar-refractivity contribution in [3.63, 3.8) is 0 Å². The summed E-state index contributed by atoms with van der Waals surface area (Å²) in [5, 5.41) is 5.55. The van der Waals surface area contributed by atoms with E-state index in [4.69, 9.17) is 11.6 Å². The summed E-state index contributed by atoms with van der Waals surface area (Å²) in [6.07, 6.45) is 0. The van der Waals surface area contributed by atoms with Crippen molar-refractivity contribution >= 4 is 35.0 Å². The minimum Gasteiger partial charge on any atom is -0.326 e. The number of nitrogens with one attached hydrogen (secondary N) is 1. The van der Waals surface area contributed by atoms with Crippen molar-refractivity contribution in [2.24, 2.45) is 17.8 Å². The van der Waals surface area contributed by atoms with Gasteiger partial charge in [-0.05, 0) is 42.7 Å². The van der Waals surface area contributed by atoms with E-state index in [-0.39, 0.29) is 36.2 Å². The molecule has 2 saturated heterocycles. The number of carbonyl (C=O) groups is 3. The molecule has 2 fully saturated rings. The van der Waals surface area contributed by atoms with E-state index in [9.17, 15) is 14.4 Å². The van der Waals surface area contributed by atoms with E-state index in [1.807, 2.05) is 63.3 Å². The molecule has 2 aromatic carbocycles. The Kier molecular flexibility index (Phi) is 4.73. The Hall–Kier alpha value is -2.70. The number of quaternary nitrogens is 1. The van der Waals surface area contributed by atoms with E-state index in [0.29, 0.717) is 5.02 Å². The number of rotatable bonds is 3. The van der Waals surface area contributed by atoms with E-state index in [1.54, 1.807) is 6.07 Å². The maximum Gasteiger partial charge on any atom is 0.291 e. The third-order valence-electron chi connectivity index (χ3n) is 7.65. The maximum atomic E-state index is 13.8. The number of aryl methyl sites for hydroxylation is 1. The average molecular weight is 453 g/mol. The first-order chi connectivity index (χ1) is 15.2. The molecule has 166 valence electrons. The van der Waals surface area contributed by atoms with Crippen molar-refractivity contribution < 1.29 is 19.7 Å². The number of anilines is 1.